The molecule has 25 heavy (non-hydrogen) atoms. The Morgan fingerprint density at radius 3 is 2.52 bits per heavy atom. The van der Waals surface area contributed by atoms with E-state index in [0.717, 1.165) is 0 Å². The van der Waals surface area contributed by atoms with Crippen molar-refractivity contribution < 1.29 is 19.1 Å². The fraction of sp³-hybridized carbons (Fsp3) is 0.421. The molecule has 132 valence electrons. The predicted molar refractivity (Wildman–Crippen MR) is 94.3 cm³/mol. The van der Waals surface area contributed by atoms with Crippen molar-refractivity contribution in [1.82, 2.24) is 4.98 Å². The van der Waals surface area contributed by atoms with Crippen molar-refractivity contribution in [2.75, 3.05) is 5.32 Å². The van der Waals surface area contributed by atoms with Crippen LogP contribution in [0.2, 0.25) is 0 Å². The normalized spacial score (nSPS) is 20.6. The average Bonchev–Trinajstić information content (AvgIpc) is 2.98. The molecule has 1 aromatic heterocycles. The molecule has 1 aliphatic rings. The number of allylic oxidation sites excluding steroid dienone is 2. The van der Waals surface area contributed by atoms with Gasteiger partial charge in [-0.3, -0.25) is 9.59 Å². The Hall–Kier alpha value is -2.63. The molecular formula is C19H22N2O4. The van der Waals surface area contributed by atoms with Gasteiger partial charge in [-0.05, 0) is 31.0 Å². The van der Waals surface area contributed by atoms with E-state index >= 15 is 0 Å². The summed E-state index contributed by atoms with van der Waals surface area (Å²) < 4.78 is 5.75. The fourth-order valence-corrected chi connectivity index (χ4v) is 2.94. The highest BCUT2D eigenvalue weighted by Gasteiger charge is 2.34. The summed E-state index contributed by atoms with van der Waals surface area (Å²) in [6, 6.07) is 5.26. The quantitative estimate of drug-likeness (QED) is 0.829. The predicted octanol–water partition coefficient (Wildman–Crippen LogP) is 3.73. The maximum Gasteiger partial charge on any atom is 0.307 e. The number of rotatable bonds is 3. The molecule has 2 N–H and O–H groups in total. The summed E-state index contributed by atoms with van der Waals surface area (Å²) in [6.07, 6.45) is 4.49. The van der Waals surface area contributed by atoms with Gasteiger partial charge in [0.25, 0.3) is 0 Å². The number of benzene rings is 1. The van der Waals surface area contributed by atoms with Gasteiger partial charge in [-0.25, -0.2) is 4.98 Å². The van der Waals surface area contributed by atoms with Gasteiger partial charge in [0.05, 0.1) is 11.8 Å². The Labute approximate surface area is 145 Å². The smallest absolute Gasteiger partial charge is 0.307 e. The van der Waals surface area contributed by atoms with Crippen molar-refractivity contribution in [3.05, 3.63) is 36.2 Å². The SMILES string of the molecule is CC(C)(C)c1nc2cc(NC(=O)[C@H]3CC=CC[C@H]3C(=O)O)ccc2o1. The lowest BCUT2D eigenvalue weighted by molar-refractivity contribution is -0.146. The van der Waals surface area contributed by atoms with Crippen molar-refractivity contribution in [3.63, 3.8) is 0 Å². The number of hydrogen-bond acceptors (Lipinski definition) is 4. The molecule has 1 aliphatic carbocycles. The minimum absolute atomic E-state index is 0.203. The fourth-order valence-electron chi connectivity index (χ4n) is 2.94. The van der Waals surface area contributed by atoms with E-state index in [1.54, 1.807) is 18.2 Å². The van der Waals surface area contributed by atoms with Gasteiger partial charge in [0.2, 0.25) is 11.8 Å². The standard InChI is InChI=1S/C19H22N2O4/c1-19(2,3)18-21-14-10-11(8-9-15(14)25-18)20-16(22)12-6-4-5-7-13(12)17(23)24/h4-5,8-10,12-13H,6-7H2,1-3H3,(H,20,22)(H,23,24)/t12-,13+/m0/s1. The first-order valence-corrected chi connectivity index (χ1v) is 8.35. The zero-order valence-corrected chi connectivity index (χ0v) is 14.6. The molecule has 0 unspecified atom stereocenters. The zero-order chi connectivity index (χ0) is 18.2. The van der Waals surface area contributed by atoms with Crippen LogP contribution in [0.25, 0.3) is 11.1 Å². The van der Waals surface area contributed by atoms with Crippen LogP contribution < -0.4 is 5.32 Å². The molecule has 6 nitrogen and oxygen atoms in total. The molecule has 0 radical (unpaired) electrons. The summed E-state index contributed by atoms with van der Waals surface area (Å²) in [6.45, 7) is 6.05. The summed E-state index contributed by atoms with van der Waals surface area (Å²) in [5.41, 5.74) is 1.71. The first-order chi connectivity index (χ1) is 11.8. The number of carbonyl (C=O) groups excluding carboxylic acids is 1. The van der Waals surface area contributed by atoms with E-state index in [4.69, 9.17) is 4.42 Å². The van der Waals surface area contributed by atoms with Crippen LogP contribution in [-0.4, -0.2) is 22.0 Å². The molecule has 0 saturated carbocycles. The van der Waals surface area contributed by atoms with Crippen LogP contribution >= 0.6 is 0 Å². The van der Waals surface area contributed by atoms with Gasteiger partial charge in [-0.1, -0.05) is 32.9 Å². The number of hydrogen-bond donors (Lipinski definition) is 2. The molecule has 6 heteroatoms. The third-order valence-electron chi connectivity index (χ3n) is 4.38. The van der Waals surface area contributed by atoms with Crippen LogP contribution in [0.15, 0.2) is 34.8 Å². The molecule has 0 fully saturated rings. The number of aliphatic carboxylic acids is 1. The van der Waals surface area contributed by atoms with E-state index in [1.807, 2.05) is 32.9 Å². The molecule has 0 bridgehead atoms. The number of amides is 1. The van der Waals surface area contributed by atoms with Crippen molar-refractivity contribution >= 4 is 28.7 Å². The van der Waals surface area contributed by atoms with Gasteiger partial charge < -0.3 is 14.8 Å². The number of nitrogens with one attached hydrogen (secondary N) is 1. The summed E-state index contributed by atoms with van der Waals surface area (Å²) in [5.74, 6) is -1.84. The molecule has 1 amide bonds. The number of anilines is 1. The Balaban J connectivity index is 1.81. The van der Waals surface area contributed by atoms with E-state index < -0.39 is 17.8 Å². The van der Waals surface area contributed by atoms with Gasteiger partial charge in [-0.2, -0.15) is 0 Å². The van der Waals surface area contributed by atoms with Crippen LogP contribution in [0, 0.1) is 11.8 Å². The second kappa shape index (κ2) is 6.35. The van der Waals surface area contributed by atoms with Crippen LogP contribution in [-0.2, 0) is 15.0 Å². The molecule has 0 aliphatic heterocycles. The number of fused-ring (bicyclic) bond motifs is 1. The van der Waals surface area contributed by atoms with Crippen LogP contribution in [0.5, 0.6) is 0 Å². The van der Waals surface area contributed by atoms with Crippen molar-refractivity contribution in [3.8, 4) is 0 Å². The van der Waals surface area contributed by atoms with E-state index in [2.05, 4.69) is 10.3 Å². The summed E-state index contributed by atoms with van der Waals surface area (Å²) in [7, 11) is 0. The zero-order valence-electron chi connectivity index (χ0n) is 14.6. The van der Waals surface area contributed by atoms with Crippen LogP contribution in [0.3, 0.4) is 0 Å². The number of carbonyl (C=O) groups is 2. The highest BCUT2D eigenvalue weighted by Crippen LogP contribution is 2.29. The maximum absolute atomic E-state index is 12.5. The molecule has 1 aromatic carbocycles. The number of carboxylic acids is 1. The topological polar surface area (TPSA) is 92.4 Å². The molecule has 1 heterocycles. The monoisotopic (exact) mass is 342 g/mol. The summed E-state index contributed by atoms with van der Waals surface area (Å²) in [4.78, 5) is 28.4. The van der Waals surface area contributed by atoms with E-state index in [1.165, 1.54) is 0 Å². The Kier molecular flexibility index (Phi) is 4.37. The van der Waals surface area contributed by atoms with Gasteiger partial charge in [0, 0.05) is 11.1 Å². The van der Waals surface area contributed by atoms with Gasteiger partial charge >= 0.3 is 5.97 Å². The summed E-state index contributed by atoms with van der Waals surface area (Å²) >= 11 is 0. The number of carboxylic acid groups (broad SMARTS) is 1. The largest absolute Gasteiger partial charge is 0.481 e. The lowest BCUT2D eigenvalue weighted by Gasteiger charge is -2.24. The molecule has 0 spiro atoms. The highest BCUT2D eigenvalue weighted by molar-refractivity contribution is 5.96. The second-order valence-corrected chi connectivity index (χ2v) is 7.43. The number of nitrogens with zero attached hydrogens (tertiary/aromatic N) is 1. The highest BCUT2D eigenvalue weighted by atomic mass is 16.4. The third kappa shape index (κ3) is 3.57. The molecular weight excluding hydrogens is 320 g/mol. The Morgan fingerprint density at radius 2 is 1.88 bits per heavy atom. The Bertz CT molecular complexity index is 845. The van der Waals surface area contributed by atoms with E-state index in [9.17, 15) is 14.7 Å². The number of aromatic nitrogens is 1. The second-order valence-electron chi connectivity index (χ2n) is 7.43. The number of oxazole rings is 1. The summed E-state index contributed by atoms with van der Waals surface area (Å²) in [5, 5.41) is 12.1. The Morgan fingerprint density at radius 1 is 1.20 bits per heavy atom. The first-order valence-electron chi connectivity index (χ1n) is 8.35. The molecule has 3 rings (SSSR count). The lowest BCUT2D eigenvalue weighted by atomic mass is 9.82. The van der Waals surface area contributed by atoms with E-state index in [-0.39, 0.29) is 11.3 Å². The minimum atomic E-state index is -0.939. The average molecular weight is 342 g/mol. The van der Waals surface area contributed by atoms with Crippen molar-refractivity contribution in [2.45, 2.75) is 39.0 Å². The molecule has 0 saturated heterocycles. The lowest BCUT2D eigenvalue weighted by Crippen LogP contribution is -2.34. The third-order valence-corrected chi connectivity index (χ3v) is 4.38. The van der Waals surface area contributed by atoms with E-state index in [0.29, 0.717) is 35.5 Å². The maximum atomic E-state index is 12.5. The van der Waals surface area contributed by atoms with Crippen LogP contribution in [0.4, 0.5) is 5.69 Å². The first kappa shape index (κ1) is 17.2. The van der Waals surface area contributed by atoms with Crippen LogP contribution in [0.1, 0.15) is 39.5 Å². The molecule has 2 atom stereocenters. The van der Waals surface area contributed by atoms with Gasteiger partial charge in [0.1, 0.15) is 5.52 Å². The van der Waals surface area contributed by atoms with Crippen molar-refractivity contribution in [2.24, 2.45) is 11.8 Å². The van der Waals surface area contributed by atoms with Crippen molar-refractivity contribution in [1.29, 1.82) is 0 Å². The minimum Gasteiger partial charge on any atom is -0.481 e. The molecule has 2 aromatic rings. The van der Waals surface area contributed by atoms with Gasteiger partial charge in [-0.15, -0.1) is 0 Å². The van der Waals surface area contributed by atoms with Gasteiger partial charge in [0.15, 0.2) is 5.58 Å².